The zero-order valence-corrected chi connectivity index (χ0v) is 9.75. The molecule has 0 heterocycles. The fourth-order valence-electron chi connectivity index (χ4n) is 1.65. The third kappa shape index (κ3) is 2.68. The SMILES string of the molecule is N#Cc1cccc(CNc2c(F)cccc2F)c1F. The number of nitrogens with one attached hydrogen (secondary N) is 1. The lowest BCUT2D eigenvalue weighted by molar-refractivity contribution is 0.584. The average molecular weight is 262 g/mol. The van der Waals surface area contributed by atoms with E-state index in [-0.39, 0.29) is 23.4 Å². The molecule has 0 saturated carbocycles. The molecule has 2 aromatic carbocycles. The first kappa shape index (κ1) is 13.0. The number of benzene rings is 2. The molecule has 0 fully saturated rings. The summed E-state index contributed by atoms with van der Waals surface area (Å²) in [5.41, 5.74) is -0.251. The third-order valence-corrected chi connectivity index (χ3v) is 2.62. The van der Waals surface area contributed by atoms with Crippen LogP contribution < -0.4 is 5.32 Å². The van der Waals surface area contributed by atoms with E-state index < -0.39 is 17.5 Å². The fraction of sp³-hybridized carbons (Fsp3) is 0.0714. The number of rotatable bonds is 3. The zero-order chi connectivity index (χ0) is 13.8. The molecule has 1 N–H and O–H groups in total. The van der Waals surface area contributed by atoms with Gasteiger partial charge in [0.1, 0.15) is 29.2 Å². The van der Waals surface area contributed by atoms with Crippen molar-refractivity contribution in [3.05, 3.63) is 65.0 Å². The van der Waals surface area contributed by atoms with Gasteiger partial charge in [-0.05, 0) is 18.2 Å². The fourth-order valence-corrected chi connectivity index (χ4v) is 1.65. The number of anilines is 1. The van der Waals surface area contributed by atoms with Gasteiger partial charge >= 0.3 is 0 Å². The zero-order valence-electron chi connectivity index (χ0n) is 9.75. The number of hydrogen-bond donors (Lipinski definition) is 1. The maximum Gasteiger partial charge on any atom is 0.149 e. The Bertz CT molecular complexity index is 627. The average Bonchev–Trinajstić information content (AvgIpc) is 2.40. The largest absolute Gasteiger partial charge is 0.376 e. The third-order valence-electron chi connectivity index (χ3n) is 2.62. The van der Waals surface area contributed by atoms with E-state index in [1.54, 1.807) is 6.07 Å². The van der Waals surface area contributed by atoms with Gasteiger partial charge in [0.2, 0.25) is 0 Å². The van der Waals surface area contributed by atoms with Gasteiger partial charge < -0.3 is 5.32 Å². The van der Waals surface area contributed by atoms with Crippen LogP contribution in [0.25, 0.3) is 0 Å². The predicted octanol–water partition coefficient (Wildman–Crippen LogP) is 3.59. The Labute approximate surface area is 108 Å². The Morgan fingerprint density at radius 3 is 2.26 bits per heavy atom. The van der Waals surface area contributed by atoms with E-state index >= 15 is 0 Å². The Kier molecular flexibility index (Phi) is 3.71. The molecule has 0 unspecified atom stereocenters. The van der Waals surface area contributed by atoms with Gasteiger partial charge in [-0.3, -0.25) is 0 Å². The molecule has 0 aliphatic heterocycles. The standard InChI is InChI=1S/C14H9F3N2/c15-11-5-2-6-12(16)14(11)19-8-10-4-1-3-9(7-18)13(10)17/h1-6,19H,8H2. The minimum absolute atomic E-state index is 0.103. The summed E-state index contributed by atoms with van der Waals surface area (Å²) in [5, 5.41) is 11.2. The summed E-state index contributed by atoms with van der Waals surface area (Å²) in [4.78, 5) is 0. The van der Waals surface area contributed by atoms with Crippen molar-refractivity contribution in [2.75, 3.05) is 5.32 Å². The Hall–Kier alpha value is -2.48. The summed E-state index contributed by atoms with van der Waals surface area (Å²) in [6.07, 6.45) is 0. The van der Waals surface area contributed by atoms with Crippen LogP contribution in [0.2, 0.25) is 0 Å². The Balaban J connectivity index is 2.22. The van der Waals surface area contributed by atoms with E-state index in [4.69, 9.17) is 5.26 Å². The molecule has 0 aromatic heterocycles. The number of halogens is 3. The summed E-state index contributed by atoms with van der Waals surface area (Å²) in [6, 6.07) is 9.45. The van der Waals surface area contributed by atoms with E-state index in [2.05, 4.69) is 5.32 Å². The molecule has 0 spiro atoms. The normalized spacial score (nSPS) is 10.0. The van der Waals surface area contributed by atoms with Crippen molar-refractivity contribution in [3.63, 3.8) is 0 Å². The van der Waals surface area contributed by atoms with Crippen molar-refractivity contribution in [3.8, 4) is 6.07 Å². The molecular formula is C14H9F3N2. The summed E-state index contributed by atoms with van der Waals surface area (Å²) in [7, 11) is 0. The molecule has 0 radical (unpaired) electrons. The summed E-state index contributed by atoms with van der Waals surface area (Å²) < 4.78 is 40.4. The van der Waals surface area contributed by atoms with E-state index in [0.29, 0.717) is 0 Å². The van der Waals surface area contributed by atoms with Crippen LogP contribution >= 0.6 is 0 Å². The minimum atomic E-state index is -0.753. The highest BCUT2D eigenvalue weighted by Gasteiger charge is 2.11. The van der Waals surface area contributed by atoms with E-state index in [1.165, 1.54) is 24.3 Å². The first-order valence-electron chi connectivity index (χ1n) is 5.49. The van der Waals surface area contributed by atoms with Crippen LogP contribution in [-0.2, 0) is 6.54 Å². The highest BCUT2D eigenvalue weighted by Crippen LogP contribution is 2.20. The van der Waals surface area contributed by atoms with Crippen molar-refractivity contribution in [1.29, 1.82) is 5.26 Å². The van der Waals surface area contributed by atoms with Gasteiger partial charge in [0.15, 0.2) is 0 Å². The molecule has 96 valence electrons. The maximum atomic E-state index is 13.7. The van der Waals surface area contributed by atoms with Crippen LogP contribution in [0.1, 0.15) is 11.1 Å². The smallest absolute Gasteiger partial charge is 0.149 e. The number of para-hydroxylation sites is 1. The van der Waals surface area contributed by atoms with Gasteiger partial charge in [-0.15, -0.1) is 0 Å². The number of hydrogen-bond acceptors (Lipinski definition) is 2. The van der Waals surface area contributed by atoms with Gasteiger partial charge in [-0.25, -0.2) is 13.2 Å². The molecule has 2 aromatic rings. The molecule has 0 amide bonds. The number of nitriles is 1. The van der Waals surface area contributed by atoms with Gasteiger partial charge in [0.05, 0.1) is 5.56 Å². The quantitative estimate of drug-likeness (QED) is 0.917. The van der Waals surface area contributed by atoms with Crippen LogP contribution in [0.15, 0.2) is 36.4 Å². The van der Waals surface area contributed by atoms with Crippen LogP contribution in [0.5, 0.6) is 0 Å². The number of nitrogens with zero attached hydrogens (tertiary/aromatic N) is 1. The topological polar surface area (TPSA) is 35.8 Å². The maximum absolute atomic E-state index is 13.7. The lowest BCUT2D eigenvalue weighted by atomic mass is 10.1. The monoisotopic (exact) mass is 262 g/mol. The Morgan fingerprint density at radius 2 is 1.63 bits per heavy atom. The lowest BCUT2D eigenvalue weighted by Gasteiger charge is -2.09. The van der Waals surface area contributed by atoms with Crippen molar-refractivity contribution in [1.82, 2.24) is 0 Å². The first-order valence-corrected chi connectivity index (χ1v) is 5.49. The molecule has 0 aliphatic rings. The molecule has 0 saturated heterocycles. The molecule has 0 atom stereocenters. The molecule has 19 heavy (non-hydrogen) atoms. The van der Waals surface area contributed by atoms with Crippen LogP contribution in [0.4, 0.5) is 18.9 Å². The van der Waals surface area contributed by atoms with Crippen molar-refractivity contribution in [2.45, 2.75) is 6.54 Å². The van der Waals surface area contributed by atoms with Crippen molar-refractivity contribution < 1.29 is 13.2 Å². The summed E-state index contributed by atoms with van der Waals surface area (Å²) in [6.45, 7) is -0.112. The molecule has 2 nitrogen and oxygen atoms in total. The second-order valence-electron chi connectivity index (χ2n) is 3.84. The molecule has 0 aliphatic carbocycles. The molecule has 5 heteroatoms. The van der Waals surface area contributed by atoms with Gasteiger partial charge in [-0.1, -0.05) is 18.2 Å². The lowest BCUT2D eigenvalue weighted by Crippen LogP contribution is -2.06. The van der Waals surface area contributed by atoms with Crippen LogP contribution in [0.3, 0.4) is 0 Å². The van der Waals surface area contributed by atoms with Crippen molar-refractivity contribution in [2.24, 2.45) is 0 Å². The molecular weight excluding hydrogens is 253 g/mol. The van der Waals surface area contributed by atoms with E-state index in [1.807, 2.05) is 0 Å². The second kappa shape index (κ2) is 5.44. The minimum Gasteiger partial charge on any atom is -0.376 e. The summed E-state index contributed by atoms with van der Waals surface area (Å²) >= 11 is 0. The van der Waals surface area contributed by atoms with E-state index in [0.717, 1.165) is 12.1 Å². The second-order valence-corrected chi connectivity index (χ2v) is 3.84. The Morgan fingerprint density at radius 1 is 1.00 bits per heavy atom. The first-order chi connectivity index (χ1) is 9.13. The predicted molar refractivity (Wildman–Crippen MR) is 64.8 cm³/mol. The van der Waals surface area contributed by atoms with Gasteiger partial charge in [0, 0.05) is 12.1 Å². The summed E-state index contributed by atoms with van der Waals surface area (Å²) in [5.74, 6) is -2.19. The van der Waals surface area contributed by atoms with Crippen molar-refractivity contribution >= 4 is 5.69 Å². The van der Waals surface area contributed by atoms with Gasteiger partial charge in [0.25, 0.3) is 0 Å². The van der Waals surface area contributed by atoms with E-state index in [9.17, 15) is 13.2 Å². The molecule has 0 bridgehead atoms. The van der Waals surface area contributed by atoms with Gasteiger partial charge in [-0.2, -0.15) is 5.26 Å². The highest BCUT2D eigenvalue weighted by atomic mass is 19.1. The highest BCUT2D eigenvalue weighted by molar-refractivity contribution is 5.47. The molecule has 2 rings (SSSR count). The van der Waals surface area contributed by atoms with Crippen LogP contribution in [-0.4, -0.2) is 0 Å². The van der Waals surface area contributed by atoms with Crippen LogP contribution in [0, 0.1) is 28.8 Å².